The number of amidine groups is 1. The molecule has 4 nitrogen and oxygen atoms in total. The highest BCUT2D eigenvalue weighted by Gasteiger charge is 2.08. The van der Waals surface area contributed by atoms with Gasteiger partial charge in [-0.3, -0.25) is 0 Å². The van der Waals surface area contributed by atoms with Gasteiger partial charge in [-0.25, -0.2) is 0 Å². The molecule has 0 aromatic heterocycles. The monoisotopic (exact) mass is 268 g/mol. The average Bonchev–Trinajstić information content (AvgIpc) is 2.35. The summed E-state index contributed by atoms with van der Waals surface area (Å²) in [5.41, 5.74) is 8.29. The lowest BCUT2D eigenvalue weighted by Gasteiger charge is -2.13. The van der Waals surface area contributed by atoms with Crippen LogP contribution in [0, 0.1) is 13.8 Å². The molecule has 0 unspecified atom stereocenters. The Morgan fingerprint density at radius 3 is 2.50 bits per heavy atom. The summed E-state index contributed by atoms with van der Waals surface area (Å²) < 4.78 is 5.78. The van der Waals surface area contributed by atoms with Crippen LogP contribution in [0.15, 0.2) is 17.3 Å². The van der Waals surface area contributed by atoms with Gasteiger partial charge in [-0.05, 0) is 55.5 Å². The summed E-state index contributed by atoms with van der Waals surface area (Å²) in [5.74, 6) is 2.11. The van der Waals surface area contributed by atoms with Crippen molar-refractivity contribution in [3.63, 3.8) is 0 Å². The van der Waals surface area contributed by atoms with Gasteiger partial charge in [0.15, 0.2) is 5.84 Å². The highest BCUT2D eigenvalue weighted by Crippen LogP contribution is 2.25. The van der Waals surface area contributed by atoms with Crippen LogP contribution in [0.3, 0.4) is 0 Å². The van der Waals surface area contributed by atoms with Crippen molar-refractivity contribution in [3.05, 3.63) is 28.8 Å². The van der Waals surface area contributed by atoms with E-state index in [-0.39, 0.29) is 5.84 Å². The van der Waals surface area contributed by atoms with Gasteiger partial charge in [0, 0.05) is 5.56 Å². The van der Waals surface area contributed by atoms with Crippen LogP contribution in [0.5, 0.6) is 5.75 Å². The van der Waals surface area contributed by atoms with Gasteiger partial charge in [0.05, 0.1) is 6.61 Å². The number of hydrogen-bond donors (Lipinski definition) is 2. The van der Waals surface area contributed by atoms with E-state index in [2.05, 4.69) is 11.4 Å². The van der Waals surface area contributed by atoms with Crippen molar-refractivity contribution in [1.82, 2.24) is 0 Å². The first kappa shape index (κ1) is 14.7. The second-order valence-electron chi connectivity index (χ2n) is 4.12. The Morgan fingerprint density at radius 2 is 2.00 bits per heavy atom. The van der Waals surface area contributed by atoms with Gasteiger partial charge in [0.2, 0.25) is 0 Å². The van der Waals surface area contributed by atoms with E-state index < -0.39 is 0 Å². The number of nitrogens with two attached hydrogens (primary N) is 1. The molecule has 0 heterocycles. The number of ether oxygens (including phenoxy) is 1. The first-order valence-corrected chi connectivity index (χ1v) is 7.20. The number of rotatable bonds is 6. The molecular formula is C13H20N2O2S. The molecule has 3 N–H and O–H groups in total. The molecule has 0 aliphatic heterocycles. The van der Waals surface area contributed by atoms with E-state index in [9.17, 15) is 0 Å². The van der Waals surface area contributed by atoms with Gasteiger partial charge >= 0.3 is 0 Å². The van der Waals surface area contributed by atoms with E-state index in [4.69, 9.17) is 15.7 Å². The van der Waals surface area contributed by atoms with E-state index in [0.717, 1.165) is 29.1 Å². The lowest BCUT2D eigenvalue weighted by Crippen LogP contribution is -2.14. The Labute approximate surface area is 112 Å². The SMILES string of the molecule is CSCCCOc1c(C)cc(C(N)=NO)cc1C. The third-order valence-electron chi connectivity index (χ3n) is 2.60. The smallest absolute Gasteiger partial charge is 0.170 e. The number of oxime groups is 1. The summed E-state index contributed by atoms with van der Waals surface area (Å²) in [4.78, 5) is 0. The first-order chi connectivity index (χ1) is 8.60. The molecule has 0 aliphatic rings. The van der Waals surface area contributed by atoms with Crippen LogP contribution >= 0.6 is 11.8 Å². The maximum atomic E-state index is 8.67. The van der Waals surface area contributed by atoms with Gasteiger partial charge in [0.25, 0.3) is 0 Å². The molecule has 0 bridgehead atoms. The highest BCUT2D eigenvalue weighted by atomic mass is 32.2. The Bertz CT molecular complexity index is 410. The maximum Gasteiger partial charge on any atom is 0.170 e. The van der Waals surface area contributed by atoms with E-state index in [1.54, 1.807) is 0 Å². The number of benzene rings is 1. The van der Waals surface area contributed by atoms with Crippen LogP contribution in [-0.4, -0.2) is 29.7 Å². The van der Waals surface area contributed by atoms with Crippen molar-refractivity contribution in [2.75, 3.05) is 18.6 Å². The van der Waals surface area contributed by atoms with E-state index in [1.807, 2.05) is 37.7 Å². The topological polar surface area (TPSA) is 67.8 Å². The molecule has 0 atom stereocenters. The van der Waals surface area contributed by atoms with Crippen LogP contribution in [0.4, 0.5) is 0 Å². The maximum absolute atomic E-state index is 8.67. The molecule has 0 amide bonds. The van der Waals surface area contributed by atoms with Crippen LogP contribution in [0.25, 0.3) is 0 Å². The third kappa shape index (κ3) is 3.84. The quantitative estimate of drug-likeness (QED) is 0.273. The zero-order chi connectivity index (χ0) is 13.5. The van der Waals surface area contributed by atoms with Crippen LogP contribution < -0.4 is 10.5 Å². The summed E-state index contributed by atoms with van der Waals surface area (Å²) in [6, 6.07) is 3.73. The fourth-order valence-electron chi connectivity index (χ4n) is 1.76. The lowest BCUT2D eigenvalue weighted by molar-refractivity contribution is 0.314. The molecule has 18 heavy (non-hydrogen) atoms. The van der Waals surface area contributed by atoms with Crippen molar-refractivity contribution in [3.8, 4) is 5.75 Å². The molecule has 0 fully saturated rings. The van der Waals surface area contributed by atoms with Crippen molar-refractivity contribution in [2.24, 2.45) is 10.9 Å². The summed E-state index contributed by atoms with van der Waals surface area (Å²) in [7, 11) is 0. The summed E-state index contributed by atoms with van der Waals surface area (Å²) >= 11 is 1.81. The molecule has 5 heteroatoms. The first-order valence-electron chi connectivity index (χ1n) is 5.81. The fraction of sp³-hybridized carbons (Fsp3) is 0.462. The number of hydrogen-bond acceptors (Lipinski definition) is 4. The molecule has 0 spiro atoms. The molecule has 0 aliphatic carbocycles. The van der Waals surface area contributed by atoms with Gasteiger partial charge in [-0.2, -0.15) is 11.8 Å². The predicted octanol–water partition coefficient (Wildman–Crippen LogP) is 2.53. The largest absolute Gasteiger partial charge is 0.493 e. The van der Waals surface area contributed by atoms with E-state index in [0.29, 0.717) is 12.2 Å². The lowest BCUT2D eigenvalue weighted by atomic mass is 10.1. The minimum absolute atomic E-state index is 0.120. The number of nitrogens with zero attached hydrogens (tertiary/aromatic N) is 1. The van der Waals surface area contributed by atoms with Gasteiger partial charge < -0.3 is 15.7 Å². The molecule has 100 valence electrons. The van der Waals surface area contributed by atoms with Gasteiger partial charge in [0.1, 0.15) is 5.75 Å². The molecule has 1 aromatic carbocycles. The van der Waals surface area contributed by atoms with Crippen molar-refractivity contribution < 1.29 is 9.94 Å². The summed E-state index contributed by atoms with van der Waals surface area (Å²) in [6.07, 6.45) is 3.12. The Balaban J connectivity index is 2.81. The van der Waals surface area contributed by atoms with E-state index >= 15 is 0 Å². The fourth-order valence-corrected chi connectivity index (χ4v) is 2.17. The van der Waals surface area contributed by atoms with Gasteiger partial charge in [-0.1, -0.05) is 5.16 Å². The van der Waals surface area contributed by atoms with Crippen LogP contribution in [0.1, 0.15) is 23.1 Å². The Hall–Kier alpha value is -1.36. The Morgan fingerprint density at radius 1 is 1.39 bits per heavy atom. The molecule has 0 saturated carbocycles. The summed E-state index contributed by atoms with van der Waals surface area (Å²) in [6.45, 7) is 4.64. The third-order valence-corrected chi connectivity index (χ3v) is 3.30. The van der Waals surface area contributed by atoms with E-state index in [1.165, 1.54) is 0 Å². The predicted molar refractivity (Wildman–Crippen MR) is 76.9 cm³/mol. The standard InChI is InChI=1S/C13H20N2O2S/c1-9-7-11(13(14)15-16)8-10(2)12(9)17-5-4-6-18-3/h7-8,16H,4-6H2,1-3H3,(H2,14,15). The molecule has 0 saturated heterocycles. The number of aryl methyl sites for hydroxylation is 2. The second kappa shape index (κ2) is 7.16. The zero-order valence-electron chi connectivity index (χ0n) is 11.1. The molecule has 0 radical (unpaired) electrons. The summed E-state index contributed by atoms with van der Waals surface area (Å²) in [5, 5.41) is 11.7. The minimum atomic E-state index is 0.120. The van der Waals surface area contributed by atoms with Gasteiger partial charge in [-0.15, -0.1) is 0 Å². The molecule has 1 aromatic rings. The van der Waals surface area contributed by atoms with Crippen molar-refractivity contribution in [2.45, 2.75) is 20.3 Å². The Kier molecular flexibility index (Phi) is 5.85. The second-order valence-corrected chi connectivity index (χ2v) is 5.10. The minimum Gasteiger partial charge on any atom is -0.493 e. The highest BCUT2D eigenvalue weighted by molar-refractivity contribution is 7.98. The van der Waals surface area contributed by atoms with Crippen LogP contribution in [0.2, 0.25) is 0 Å². The van der Waals surface area contributed by atoms with Crippen LogP contribution in [-0.2, 0) is 0 Å². The zero-order valence-corrected chi connectivity index (χ0v) is 11.9. The molecular weight excluding hydrogens is 248 g/mol. The van der Waals surface area contributed by atoms with Crippen molar-refractivity contribution >= 4 is 17.6 Å². The average molecular weight is 268 g/mol. The molecule has 1 rings (SSSR count). The normalized spacial score (nSPS) is 11.6. The number of thioether (sulfide) groups is 1. The van der Waals surface area contributed by atoms with Crippen molar-refractivity contribution in [1.29, 1.82) is 0 Å².